The Morgan fingerprint density at radius 3 is 2.43 bits per heavy atom. The van der Waals surface area contributed by atoms with Gasteiger partial charge in [0.2, 0.25) is 5.91 Å². The molecule has 1 aromatic carbocycles. The van der Waals surface area contributed by atoms with Crippen molar-refractivity contribution in [3.63, 3.8) is 0 Å². The molecule has 1 N–H and O–H groups in total. The van der Waals surface area contributed by atoms with Crippen LogP contribution < -0.4 is 0 Å². The highest BCUT2D eigenvalue weighted by atomic mass is 19.4. The summed E-state index contributed by atoms with van der Waals surface area (Å²) in [5.74, 6) is -2.50. The Morgan fingerprint density at radius 1 is 1.17 bits per heavy atom. The minimum atomic E-state index is -5.08. The van der Waals surface area contributed by atoms with E-state index in [-0.39, 0.29) is 11.3 Å². The van der Waals surface area contributed by atoms with Gasteiger partial charge in [-0.3, -0.25) is 4.79 Å². The summed E-state index contributed by atoms with van der Waals surface area (Å²) in [6, 6.07) is 10.1. The van der Waals surface area contributed by atoms with Crippen LogP contribution in [0.5, 0.6) is 0 Å². The van der Waals surface area contributed by atoms with E-state index in [1.165, 1.54) is 6.42 Å². The van der Waals surface area contributed by atoms with E-state index in [4.69, 9.17) is 14.6 Å². The van der Waals surface area contributed by atoms with Crippen molar-refractivity contribution in [3.8, 4) is 0 Å². The van der Waals surface area contributed by atoms with Crippen molar-refractivity contribution in [1.82, 2.24) is 9.80 Å². The molecule has 2 aliphatic heterocycles. The maximum absolute atomic E-state index is 12.7. The van der Waals surface area contributed by atoms with Crippen molar-refractivity contribution in [2.45, 2.75) is 32.4 Å². The number of likely N-dealkylation sites (tertiary alicyclic amines) is 1. The maximum atomic E-state index is 12.7. The van der Waals surface area contributed by atoms with Gasteiger partial charge in [0, 0.05) is 31.6 Å². The molecule has 2 saturated heterocycles. The number of aliphatic carboxylic acids is 1. The number of carbonyl (C=O) groups is 2. The summed E-state index contributed by atoms with van der Waals surface area (Å²) in [7, 11) is 0. The Balaban J connectivity index is 0.000000396. The second-order valence-corrected chi connectivity index (χ2v) is 7.81. The summed E-state index contributed by atoms with van der Waals surface area (Å²) in [5.41, 5.74) is 1.22. The van der Waals surface area contributed by atoms with Crippen LogP contribution in [0.2, 0.25) is 0 Å². The predicted octanol–water partition coefficient (Wildman–Crippen LogP) is 2.82. The van der Waals surface area contributed by atoms with Crippen LogP contribution in [0.3, 0.4) is 0 Å². The van der Waals surface area contributed by atoms with Crippen LogP contribution in [-0.4, -0.2) is 78.9 Å². The third-order valence-electron chi connectivity index (χ3n) is 5.42. The van der Waals surface area contributed by atoms with Gasteiger partial charge in [-0.25, -0.2) is 4.79 Å². The lowest BCUT2D eigenvalue weighted by molar-refractivity contribution is -0.192. The van der Waals surface area contributed by atoms with Crippen LogP contribution in [0, 0.1) is 5.41 Å². The molecule has 0 radical (unpaired) electrons. The zero-order valence-electron chi connectivity index (χ0n) is 17.2. The Hall–Kier alpha value is -2.13. The Labute approximate surface area is 174 Å². The largest absolute Gasteiger partial charge is 0.490 e. The first-order valence-corrected chi connectivity index (χ1v) is 10.1. The highest BCUT2D eigenvalue weighted by Crippen LogP contribution is 2.33. The minimum Gasteiger partial charge on any atom is -0.475 e. The molecule has 9 heteroatoms. The van der Waals surface area contributed by atoms with Crippen molar-refractivity contribution < 1.29 is 32.6 Å². The summed E-state index contributed by atoms with van der Waals surface area (Å²) in [6.45, 7) is 8.67. The molecule has 1 atom stereocenters. The monoisotopic (exact) mass is 430 g/mol. The van der Waals surface area contributed by atoms with E-state index in [9.17, 15) is 18.0 Å². The standard InChI is InChI=1S/C19H28N2O2.C2HF3O2/c1-2-20-11-12-23-16-19(14-20)9-6-10-21(15-19)18(22)13-17-7-4-3-5-8-17;3-2(4,5)1(6)7/h3-5,7-8H,2,6,9-16H2,1H3;(H,6,7). The van der Waals surface area contributed by atoms with E-state index in [0.29, 0.717) is 6.42 Å². The van der Waals surface area contributed by atoms with Crippen LogP contribution in [0.25, 0.3) is 0 Å². The van der Waals surface area contributed by atoms with E-state index in [1.54, 1.807) is 0 Å². The average molecular weight is 430 g/mol. The van der Waals surface area contributed by atoms with Crippen LogP contribution in [-0.2, 0) is 20.7 Å². The third kappa shape index (κ3) is 7.28. The zero-order chi connectivity index (χ0) is 22.2. The van der Waals surface area contributed by atoms with Crippen LogP contribution >= 0.6 is 0 Å². The lowest BCUT2D eigenvalue weighted by atomic mass is 9.80. The second kappa shape index (κ2) is 10.8. The summed E-state index contributed by atoms with van der Waals surface area (Å²) < 4.78 is 37.6. The Kier molecular flexibility index (Phi) is 8.66. The number of ether oxygens (including phenoxy) is 1. The molecule has 2 aliphatic rings. The Morgan fingerprint density at radius 2 is 1.83 bits per heavy atom. The number of amides is 1. The molecule has 2 fully saturated rings. The zero-order valence-corrected chi connectivity index (χ0v) is 17.2. The molecule has 1 unspecified atom stereocenters. The van der Waals surface area contributed by atoms with Crippen molar-refractivity contribution in [2.24, 2.45) is 5.41 Å². The highest BCUT2D eigenvalue weighted by molar-refractivity contribution is 5.79. The summed E-state index contributed by atoms with van der Waals surface area (Å²) in [6.07, 6.45) is -2.32. The molecular weight excluding hydrogens is 401 g/mol. The van der Waals surface area contributed by atoms with Crippen molar-refractivity contribution in [1.29, 1.82) is 0 Å². The van der Waals surface area contributed by atoms with Gasteiger partial charge < -0.3 is 19.6 Å². The third-order valence-corrected chi connectivity index (χ3v) is 5.42. The normalized spacial score (nSPS) is 22.7. The van der Waals surface area contributed by atoms with Gasteiger partial charge in [0.15, 0.2) is 0 Å². The van der Waals surface area contributed by atoms with Gasteiger partial charge in [0.1, 0.15) is 0 Å². The molecule has 0 saturated carbocycles. The van der Waals surface area contributed by atoms with E-state index < -0.39 is 12.1 Å². The number of rotatable bonds is 3. The SMILES string of the molecule is CCN1CCOCC2(CCCN(C(=O)Cc3ccccc3)C2)C1.O=C(O)C(F)(F)F. The van der Waals surface area contributed by atoms with E-state index in [2.05, 4.69) is 16.7 Å². The lowest BCUT2D eigenvalue weighted by Gasteiger charge is -2.43. The van der Waals surface area contributed by atoms with Gasteiger partial charge in [0.05, 0.1) is 19.6 Å². The predicted molar refractivity (Wildman–Crippen MR) is 105 cm³/mol. The van der Waals surface area contributed by atoms with Crippen LogP contribution in [0.1, 0.15) is 25.3 Å². The number of carboxylic acid groups (broad SMARTS) is 1. The molecule has 1 amide bonds. The molecule has 2 heterocycles. The van der Waals surface area contributed by atoms with E-state index in [1.807, 2.05) is 30.3 Å². The first-order valence-electron chi connectivity index (χ1n) is 10.1. The molecule has 0 aliphatic carbocycles. The first-order chi connectivity index (χ1) is 14.1. The molecule has 3 rings (SSSR count). The van der Waals surface area contributed by atoms with Crippen LogP contribution in [0.15, 0.2) is 30.3 Å². The number of benzene rings is 1. The number of carbonyl (C=O) groups excluding carboxylic acids is 1. The second-order valence-electron chi connectivity index (χ2n) is 7.81. The van der Waals surface area contributed by atoms with Gasteiger partial charge in [-0.15, -0.1) is 0 Å². The summed E-state index contributed by atoms with van der Waals surface area (Å²) >= 11 is 0. The van der Waals surface area contributed by atoms with Crippen molar-refractivity contribution >= 4 is 11.9 Å². The number of halogens is 3. The lowest BCUT2D eigenvalue weighted by Crippen LogP contribution is -2.52. The molecule has 1 aromatic rings. The van der Waals surface area contributed by atoms with Gasteiger partial charge in [-0.1, -0.05) is 37.3 Å². The number of hydrogen-bond donors (Lipinski definition) is 1. The van der Waals surface area contributed by atoms with Gasteiger partial charge in [-0.2, -0.15) is 13.2 Å². The van der Waals surface area contributed by atoms with Gasteiger partial charge in [-0.05, 0) is 24.9 Å². The number of hydrogen-bond acceptors (Lipinski definition) is 4. The summed E-state index contributed by atoms with van der Waals surface area (Å²) in [4.78, 5) is 26.1. The molecule has 6 nitrogen and oxygen atoms in total. The number of carboxylic acids is 1. The fraction of sp³-hybridized carbons (Fsp3) is 0.619. The average Bonchev–Trinajstić information content (AvgIpc) is 2.90. The quantitative estimate of drug-likeness (QED) is 0.799. The molecular formula is C21H29F3N2O4. The minimum absolute atomic E-state index is 0.122. The molecule has 0 bridgehead atoms. The molecule has 0 aromatic heterocycles. The van der Waals surface area contributed by atoms with E-state index >= 15 is 0 Å². The number of nitrogens with zero attached hydrogens (tertiary/aromatic N) is 2. The number of alkyl halides is 3. The Bertz CT molecular complexity index is 699. The fourth-order valence-electron chi connectivity index (χ4n) is 3.90. The number of likely N-dealkylation sites (N-methyl/N-ethyl adjacent to an activating group) is 1. The molecule has 168 valence electrons. The highest BCUT2D eigenvalue weighted by Gasteiger charge is 2.40. The molecule has 1 spiro atoms. The smallest absolute Gasteiger partial charge is 0.475 e. The van der Waals surface area contributed by atoms with Gasteiger partial charge in [0.25, 0.3) is 0 Å². The first kappa shape index (κ1) is 24.1. The van der Waals surface area contributed by atoms with E-state index in [0.717, 1.165) is 57.9 Å². The van der Waals surface area contributed by atoms with Crippen molar-refractivity contribution in [3.05, 3.63) is 35.9 Å². The topological polar surface area (TPSA) is 70.1 Å². The number of piperidine rings is 1. The maximum Gasteiger partial charge on any atom is 0.490 e. The van der Waals surface area contributed by atoms with Crippen molar-refractivity contribution in [2.75, 3.05) is 45.9 Å². The molecule has 30 heavy (non-hydrogen) atoms. The fourth-order valence-corrected chi connectivity index (χ4v) is 3.90. The summed E-state index contributed by atoms with van der Waals surface area (Å²) in [5, 5.41) is 7.12. The van der Waals surface area contributed by atoms with Crippen LogP contribution in [0.4, 0.5) is 13.2 Å². The van der Waals surface area contributed by atoms with Gasteiger partial charge >= 0.3 is 12.1 Å².